The Hall–Kier alpha value is -2.00. The van der Waals surface area contributed by atoms with Gasteiger partial charge in [-0.15, -0.1) is 12.4 Å². The molecule has 0 fully saturated rings. The van der Waals surface area contributed by atoms with Gasteiger partial charge in [0.05, 0.1) is 7.11 Å². The van der Waals surface area contributed by atoms with Gasteiger partial charge >= 0.3 is 0 Å². The third-order valence-corrected chi connectivity index (χ3v) is 2.64. The molecule has 2 aromatic rings. The normalized spacial score (nSPS) is 10.7. The number of para-hydroxylation sites is 2. The molecule has 0 saturated carbocycles. The van der Waals surface area contributed by atoms with E-state index in [4.69, 9.17) is 10.5 Å². The van der Waals surface area contributed by atoms with E-state index in [1.54, 1.807) is 7.11 Å². The summed E-state index contributed by atoms with van der Waals surface area (Å²) in [5.74, 6) is 1.20. The van der Waals surface area contributed by atoms with E-state index in [9.17, 15) is 0 Å². The lowest BCUT2D eigenvalue weighted by atomic mass is 10.1. The highest BCUT2D eigenvalue weighted by Crippen LogP contribution is 2.26. The summed E-state index contributed by atoms with van der Waals surface area (Å²) in [6.45, 7) is 2.03. The van der Waals surface area contributed by atoms with Gasteiger partial charge in [0, 0.05) is 5.56 Å². The van der Waals surface area contributed by atoms with Gasteiger partial charge in [-0.2, -0.15) is 0 Å². The van der Waals surface area contributed by atoms with E-state index in [-0.39, 0.29) is 12.4 Å². The molecule has 0 saturated heterocycles. The first-order valence-corrected chi connectivity index (χ1v) is 5.75. The highest BCUT2D eigenvalue weighted by molar-refractivity contribution is 5.99. The zero-order chi connectivity index (χ0) is 13.0. The summed E-state index contributed by atoms with van der Waals surface area (Å²) in [4.78, 5) is 4.41. The second-order valence-corrected chi connectivity index (χ2v) is 4.04. The summed E-state index contributed by atoms with van der Waals surface area (Å²) < 4.78 is 5.24. The molecule has 0 atom stereocenters. The van der Waals surface area contributed by atoms with Crippen molar-refractivity contribution in [3.05, 3.63) is 59.7 Å². The van der Waals surface area contributed by atoms with Crippen LogP contribution in [0.5, 0.6) is 5.75 Å². The topological polar surface area (TPSA) is 47.6 Å². The second kappa shape index (κ2) is 6.81. The Kier molecular flexibility index (Phi) is 5.39. The molecule has 0 aromatic heterocycles. The summed E-state index contributed by atoms with van der Waals surface area (Å²) in [7, 11) is 1.62. The minimum Gasteiger partial charge on any atom is -0.494 e. The molecule has 2 rings (SSSR count). The van der Waals surface area contributed by atoms with Crippen LogP contribution in [-0.4, -0.2) is 12.9 Å². The molecule has 0 radical (unpaired) electrons. The Morgan fingerprint density at radius 2 is 1.84 bits per heavy atom. The molecule has 100 valence electrons. The number of amidine groups is 1. The largest absolute Gasteiger partial charge is 0.494 e. The van der Waals surface area contributed by atoms with Crippen LogP contribution in [0.2, 0.25) is 0 Å². The Bertz CT molecular complexity index is 582. The van der Waals surface area contributed by atoms with Crippen molar-refractivity contribution < 1.29 is 4.74 Å². The number of hydrogen-bond acceptors (Lipinski definition) is 2. The number of hydrogen-bond donors (Lipinski definition) is 1. The first-order chi connectivity index (χ1) is 8.70. The number of nitrogens with two attached hydrogens (primary N) is 1. The Balaban J connectivity index is 0.00000180. The maximum atomic E-state index is 6.01. The summed E-state index contributed by atoms with van der Waals surface area (Å²) in [6, 6.07) is 15.5. The fourth-order valence-corrected chi connectivity index (χ4v) is 1.72. The molecule has 4 heteroatoms. The van der Waals surface area contributed by atoms with Crippen LogP contribution >= 0.6 is 12.4 Å². The molecule has 0 aliphatic rings. The van der Waals surface area contributed by atoms with Gasteiger partial charge in [-0.25, -0.2) is 4.99 Å². The van der Waals surface area contributed by atoms with Gasteiger partial charge in [-0.05, 0) is 25.1 Å². The predicted molar refractivity (Wildman–Crippen MR) is 81.8 cm³/mol. The Morgan fingerprint density at radius 1 is 1.11 bits per heavy atom. The summed E-state index contributed by atoms with van der Waals surface area (Å²) in [5, 5.41) is 0. The average molecular weight is 277 g/mol. The molecule has 2 N–H and O–H groups in total. The van der Waals surface area contributed by atoms with Crippen LogP contribution in [0.15, 0.2) is 53.5 Å². The van der Waals surface area contributed by atoms with Crippen LogP contribution < -0.4 is 10.5 Å². The zero-order valence-corrected chi connectivity index (χ0v) is 11.8. The minimum absolute atomic E-state index is 0. The molecule has 0 bridgehead atoms. The number of aliphatic imine (C=N–C) groups is 1. The van der Waals surface area contributed by atoms with Crippen LogP contribution in [0.4, 0.5) is 5.69 Å². The molecular weight excluding hydrogens is 260 g/mol. The average Bonchev–Trinajstić information content (AvgIpc) is 2.39. The van der Waals surface area contributed by atoms with E-state index in [0.717, 1.165) is 16.8 Å². The third-order valence-electron chi connectivity index (χ3n) is 2.64. The summed E-state index contributed by atoms with van der Waals surface area (Å²) >= 11 is 0. The number of halogens is 1. The van der Waals surface area contributed by atoms with Gasteiger partial charge < -0.3 is 10.5 Å². The van der Waals surface area contributed by atoms with Crippen molar-refractivity contribution in [2.45, 2.75) is 6.92 Å². The van der Waals surface area contributed by atoms with Crippen molar-refractivity contribution in [3.63, 3.8) is 0 Å². The quantitative estimate of drug-likeness (QED) is 0.689. The molecule has 0 amide bonds. The predicted octanol–water partition coefficient (Wildman–Crippen LogP) is 3.46. The van der Waals surface area contributed by atoms with E-state index in [2.05, 4.69) is 4.99 Å². The first-order valence-electron chi connectivity index (χ1n) is 5.75. The van der Waals surface area contributed by atoms with Crippen molar-refractivity contribution >= 4 is 23.9 Å². The molecule has 0 unspecified atom stereocenters. The second-order valence-electron chi connectivity index (χ2n) is 4.04. The third kappa shape index (κ3) is 3.73. The summed E-state index contributed by atoms with van der Waals surface area (Å²) in [5.41, 5.74) is 8.82. The van der Waals surface area contributed by atoms with Crippen LogP contribution in [-0.2, 0) is 0 Å². The lowest BCUT2D eigenvalue weighted by Crippen LogP contribution is -2.12. The Morgan fingerprint density at radius 3 is 2.53 bits per heavy atom. The number of benzene rings is 2. The van der Waals surface area contributed by atoms with E-state index >= 15 is 0 Å². The van der Waals surface area contributed by atoms with E-state index in [1.165, 1.54) is 0 Å². The van der Waals surface area contributed by atoms with Gasteiger partial charge in [-0.3, -0.25) is 0 Å². The molecule has 3 nitrogen and oxygen atoms in total. The number of aryl methyl sites for hydroxylation is 1. The standard InChI is InChI=1S/C15H16N2O.ClH/c1-11-6-5-7-12(10-11)15(16)17-13-8-3-4-9-14(13)18-2;/h3-10H,1-2H3,(H2,16,17);1H. The zero-order valence-electron chi connectivity index (χ0n) is 11.0. The molecule has 0 heterocycles. The lowest BCUT2D eigenvalue weighted by molar-refractivity contribution is 0.416. The van der Waals surface area contributed by atoms with Gasteiger partial charge in [-0.1, -0.05) is 35.9 Å². The number of rotatable bonds is 3. The van der Waals surface area contributed by atoms with Crippen molar-refractivity contribution in [1.82, 2.24) is 0 Å². The lowest BCUT2D eigenvalue weighted by Gasteiger charge is -2.06. The SMILES string of the molecule is COc1ccccc1N=C(N)c1cccc(C)c1.Cl. The van der Waals surface area contributed by atoms with Crippen molar-refractivity contribution in [1.29, 1.82) is 0 Å². The number of nitrogens with zero attached hydrogens (tertiary/aromatic N) is 1. The van der Waals surface area contributed by atoms with Crippen LogP contribution in [0.25, 0.3) is 0 Å². The van der Waals surface area contributed by atoms with Gasteiger partial charge in [0.2, 0.25) is 0 Å². The summed E-state index contributed by atoms with van der Waals surface area (Å²) in [6.07, 6.45) is 0. The smallest absolute Gasteiger partial charge is 0.144 e. The highest BCUT2D eigenvalue weighted by atomic mass is 35.5. The molecule has 0 spiro atoms. The molecule has 0 aliphatic carbocycles. The number of ether oxygens (including phenoxy) is 1. The fraction of sp³-hybridized carbons (Fsp3) is 0.133. The van der Waals surface area contributed by atoms with Crippen molar-refractivity contribution in [3.8, 4) is 5.75 Å². The van der Waals surface area contributed by atoms with Gasteiger partial charge in [0.15, 0.2) is 0 Å². The monoisotopic (exact) mass is 276 g/mol. The first kappa shape index (κ1) is 15.1. The highest BCUT2D eigenvalue weighted by Gasteiger charge is 2.03. The molecule has 0 aliphatic heterocycles. The molecular formula is C15H17ClN2O. The molecule has 19 heavy (non-hydrogen) atoms. The maximum Gasteiger partial charge on any atom is 0.144 e. The van der Waals surface area contributed by atoms with Gasteiger partial charge in [0.25, 0.3) is 0 Å². The maximum absolute atomic E-state index is 6.01. The van der Waals surface area contributed by atoms with Gasteiger partial charge in [0.1, 0.15) is 17.3 Å². The molecule has 2 aromatic carbocycles. The van der Waals surface area contributed by atoms with Crippen LogP contribution in [0.3, 0.4) is 0 Å². The van der Waals surface area contributed by atoms with Crippen LogP contribution in [0.1, 0.15) is 11.1 Å². The van der Waals surface area contributed by atoms with Crippen molar-refractivity contribution in [2.24, 2.45) is 10.7 Å². The number of methoxy groups -OCH3 is 1. The fourth-order valence-electron chi connectivity index (χ4n) is 1.72. The Labute approximate surface area is 119 Å². The minimum atomic E-state index is 0. The van der Waals surface area contributed by atoms with Crippen molar-refractivity contribution in [2.75, 3.05) is 7.11 Å². The van der Waals surface area contributed by atoms with E-state index in [0.29, 0.717) is 11.6 Å². The van der Waals surface area contributed by atoms with E-state index < -0.39 is 0 Å². The van der Waals surface area contributed by atoms with E-state index in [1.807, 2.05) is 55.5 Å². The van der Waals surface area contributed by atoms with Crippen LogP contribution in [0, 0.1) is 6.92 Å².